The van der Waals surface area contributed by atoms with Gasteiger partial charge in [0.2, 0.25) is 0 Å². The molecule has 1 aromatic rings. The summed E-state index contributed by atoms with van der Waals surface area (Å²) in [6, 6.07) is 0. The highest BCUT2D eigenvalue weighted by Gasteiger charge is 2.26. The van der Waals surface area contributed by atoms with Crippen LogP contribution in [-0.4, -0.2) is 36.6 Å². The van der Waals surface area contributed by atoms with E-state index < -0.39 is 16.2 Å². The van der Waals surface area contributed by atoms with Crippen molar-refractivity contribution >= 4 is 21.9 Å². The summed E-state index contributed by atoms with van der Waals surface area (Å²) >= 11 is 0. The number of rotatable bonds is 3. The summed E-state index contributed by atoms with van der Waals surface area (Å²) in [4.78, 5) is 12.0. The molecule has 0 aromatic carbocycles. The van der Waals surface area contributed by atoms with E-state index in [4.69, 9.17) is 9.26 Å². The molecule has 0 N–H and O–H groups in total. The van der Waals surface area contributed by atoms with Crippen molar-refractivity contribution in [3.63, 3.8) is 0 Å². The lowest BCUT2D eigenvalue weighted by Crippen LogP contribution is -2.29. The maximum atomic E-state index is 12.0. The number of ether oxygens (including phenoxy) is 1. The minimum absolute atomic E-state index is 0.00108. The van der Waals surface area contributed by atoms with E-state index in [0.717, 1.165) is 4.31 Å². The van der Waals surface area contributed by atoms with Gasteiger partial charge in [0.15, 0.2) is 0 Å². The van der Waals surface area contributed by atoms with E-state index in [1.165, 1.54) is 20.2 Å². The van der Waals surface area contributed by atoms with E-state index in [1.807, 2.05) is 0 Å². The molecule has 8 nitrogen and oxygen atoms in total. The van der Waals surface area contributed by atoms with E-state index in [2.05, 4.69) is 9.55 Å². The van der Waals surface area contributed by atoms with E-state index >= 15 is 0 Å². The molecular formula is C12H15N3O5S. The normalized spacial score (nSPS) is 17.2. The van der Waals surface area contributed by atoms with Crippen molar-refractivity contribution in [2.45, 2.75) is 27.4 Å². The average Bonchev–Trinajstić information content (AvgIpc) is 2.70. The zero-order chi connectivity index (χ0) is 15.8. The number of aromatic nitrogens is 1. The minimum Gasteiger partial charge on any atom is -0.457 e. The molecular weight excluding hydrogens is 298 g/mol. The summed E-state index contributed by atoms with van der Waals surface area (Å²) < 4.78 is 37.5. The smallest absolute Gasteiger partial charge is 0.344 e. The van der Waals surface area contributed by atoms with Crippen molar-refractivity contribution in [1.29, 1.82) is 0 Å². The molecule has 0 radical (unpaired) electrons. The van der Waals surface area contributed by atoms with E-state index in [0.29, 0.717) is 17.0 Å². The van der Waals surface area contributed by atoms with Gasteiger partial charge < -0.3 is 9.26 Å². The van der Waals surface area contributed by atoms with Crippen molar-refractivity contribution in [2.75, 3.05) is 7.05 Å². The number of esters is 1. The first kappa shape index (κ1) is 15.2. The van der Waals surface area contributed by atoms with Crippen LogP contribution in [0.4, 0.5) is 0 Å². The molecule has 1 aliphatic heterocycles. The third-order valence-corrected chi connectivity index (χ3v) is 4.40. The summed E-state index contributed by atoms with van der Waals surface area (Å²) in [7, 11) is -2.44. The minimum atomic E-state index is -3.74. The monoisotopic (exact) mass is 313 g/mol. The number of hydrogen-bond donors (Lipinski definition) is 0. The number of hydrogen-bond acceptors (Lipinski definition) is 6. The van der Waals surface area contributed by atoms with Gasteiger partial charge in [-0.15, -0.1) is 4.40 Å². The zero-order valence-electron chi connectivity index (χ0n) is 12.1. The maximum absolute atomic E-state index is 12.0. The van der Waals surface area contributed by atoms with Crippen molar-refractivity contribution in [3.05, 3.63) is 28.8 Å². The van der Waals surface area contributed by atoms with Gasteiger partial charge in [0.05, 0.1) is 22.5 Å². The molecule has 0 aliphatic carbocycles. The van der Waals surface area contributed by atoms with Gasteiger partial charge >= 0.3 is 16.2 Å². The molecule has 1 aromatic heterocycles. The van der Waals surface area contributed by atoms with Crippen LogP contribution in [0.25, 0.3) is 0 Å². The summed E-state index contributed by atoms with van der Waals surface area (Å²) in [5.41, 5.74) is 1.52. The SMILES string of the molecule is CC1=NS(=O)(=O)N(C)C=C1C(=O)OCc1c(C)noc1C. The van der Waals surface area contributed by atoms with Gasteiger partial charge in [0.25, 0.3) is 0 Å². The molecule has 0 unspecified atom stereocenters. The largest absolute Gasteiger partial charge is 0.457 e. The molecule has 0 bridgehead atoms. The summed E-state index contributed by atoms with van der Waals surface area (Å²) in [5.74, 6) is -0.0824. The van der Waals surface area contributed by atoms with Gasteiger partial charge in [-0.05, 0) is 20.8 Å². The lowest BCUT2D eigenvalue weighted by molar-refractivity contribution is -0.139. The Morgan fingerprint density at radius 2 is 2.05 bits per heavy atom. The Hall–Kier alpha value is -2.16. The molecule has 9 heteroatoms. The predicted molar refractivity (Wildman–Crippen MR) is 73.6 cm³/mol. The fourth-order valence-corrected chi connectivity index (χ4v) is 2.56. The Kier molecular flexibility index (Phi) is 3.86. The predicted octanol–water partition coefficient (Wildman–Crippen LogP) is 0.870. The molecule has 1 aliphatic rings. The van der Waals surface area contributed by atoms with Crippen LogP contribution in [0.3, 0.4) is 0 Å². The molecule has 114 valence electrons. The van der Waals surface area contributed by atoms with Crippen molar-refractivity contribution < 1.29 is 22.5 Å². The Morgan fingerprint density at radius 1 is 1.38 bits per heavy atom. The molecule has 21 heavy (non-hydrogen) atoms. The van der Waals surface area contributed by atoms with E-state index in [1.54, 1.807) is 13.8 Å². The zero-order valence-corrected chi connectivity index (χ0v) is 12.9. The van der Waals surface area contributed by atoms with Gasteiger partial charge in [0.1, 0.15) is 12.4 Å². The number of carbonyl (C=O) groups excluding carboxylic acids is 1. The van der Waals surface area contributed by atoms with Gasteiger partial charge in [-0.25, -0.2) is 4.79 Å². The standard InChI is InChI=1S/C12H15N3O5S/c1-7-11(9(3)20-13-7)6-19-12(16)10-5-15(4)21(17,18)14-8(10)2/h5H,6H2,1-4H3. The molecule has 2 rings (SSSR count). The molecule has 0 saturated carbocycles. The van der Waals surface area contributed by atoms with E-state index in [-0.39, 0.29) is 17.9 Å². The summed E-state index contributed by atoms with van der Waals surface area (Å²) in [6.07, 6.45) is 1.19. The van der Waals surface area contributed by atoms with Crippen LogP contribution in [0.15, 0.2) is 20.7 Å². The number of aryl methyl sites for hydroxylation is 2. The maximum Gasteiger partial charge on any atom is 0.344 e. The highest BCUT2D eigenvalue weighted by molar-refractivity contribution is 7.88. The summed E-state index contributed by atoms with van der Waals surface area (Å²) in [5, 5.41) is 3.76. The molecule has 0 saturated heterocycles. The first-order valence-corrected chi connectivity index (χ1v) is 7.47. The fourth-order valence-electron chi connectivity index (χ4n) is 1.75. The third-order valence-electron chi connectivity index (χ3n) is 3.07. The topological polar surface area (TPSA) is 102 Å². The molecule has 0 spiro atoms. The average molecular weight is 313 g/mol. The highest BCUT2D eigenvalue weighted by atomic mass is 32.2. The lowest BCUT2D eigenvalue weighted by atomic mass is 10.2. The van der Waals surface area contributed by atoms with Crippen LogP contribution in [0.2, 0.25) is 0 Å². The van der Waals surface area contributed by atoms with Crippen LogP contribution >= 0.6 is 0 Å². The molecule has 0 amide bonds. The van der Waals surface area contributed by atoms with Crippen LogP contribution in [-0.2, 0) is 26.3 Å². The van der Waals surface area contributed by atoms with Gasteiger partial charge in [0, 0.05) is 13.2 Å². The number of carbonyl (C=O) groups is 1. The molecule has 0 atom stereocenters. The first-order chi connectivity index (χ1) is 9.72. The van der Waals surface area contributed by atoms with Gasteiger partial charge in [-0.2, -0.15) is 8.42 Å². The van der Waals surface area contributed by atoms with E-state index in [9.17, 15) is 13.2 Å². The second kappa shape index (κ2) is 5.32. The second-order valence-electron chi connectivity index (χ2n) is 4.59. The second-order valence-corrected chi connectivity index (χ2v) is 6.25. The van der Waals surface area contributed by atoms with Gasteiger partial charge in [-0.1, -0.05) is 5.16 Å². The number of nitrogens with zero attached hydrogens (tertiary/aromatic N) is 3. The first-order valence-electron chi connectivity index (χ1n) is 6.08. The lowest BCUT2D eigenvalue weighted by Gasteiger charge is -2.19. The van der Waals surface area contributed by atoms with Crippen molar-refractivity contribution in [3.8, 4) is 0 Å². The quantitative estimate of drug-likeness (QED) is 0.767. The fraction of sp³-hybridized carbons (Fsp3) is 0.417. The van der Waals surface area contributed by atoms with Crippen LogP contribution in [0.1, 0.15) is 23.9 Å². The Morgan fingerprint density at radius 3 is 2.62 bits per heavy atom. The Balaban J connectivity index is 2.13. The third kappa shape index (κ3) is 2.97. The summed E-state index contributed by atoms with van der Waals surface area (Å²) in [6.45, 7) is 4.90. The Labute approximate surface area is 122 Å². The highest BCUT2D eigenvalue weighted by Crippen LogP contribution is 2.18. The molecule has 2 heterocycles. The van der Waals surface area contributed by atoms with Crippen LogP contribution in [0, 0.1) is 13.8 Å². The van der Waals surface area contributed by atoms with Crippen molar-refractivity contribution in [2.24, 2.45) is 4.40 Å². The van der Waals surface area contributed by atoms with Gasteiger partial charge in [-0.3, -0.25) is 4.31 Å². The van der Waals surface area contributed by atoms with Crippen molar-refractivity contribution in [1.82, 2.24) is 9.46 Å². The molecule has 0 fully saturated rings. The Bertz CT molecular complexity index is 725. The van der Waals surface area contributed by atoms with Crippen LogP contribution in [0.5, 0.6) is 0 Å². The van der Waals surface area contributed by atoms with Crippen LogP contribution < -0.4 is 0 Å².